The number of hydrogen-bond acceptors (Lipinski definition) is 1. The smallest absolute Gasteiger partial charge is 0.0346 e. The van der Waals surface area contributed by atoms with E-state index in [4.69, 9.17) is 0 Å². The molecule has 0 aliphatic rings. The molecule has 8 aromatic rings. The molecule has 0 bridgehead atoms. The van der Waals surface area contributed by atoms with Crippen LogP contribution in [-0.2, 0) is 0 Å². The zero-order valence-corrected chi connectivity index (χ0v) is 24.0. The van der Waals surface area contributed by atoms with Crippen molar-refractivity contribution < 1.29 is 0 Å². The Hall–Kier alpha value is -5.53. The Kier molecular flexibility index (Phi) is 6.09. The molecule has 0 unspecified atom stereocenters. The van der Waals surface area contributed by atoms with Crippen molar-refractivity contribution in [2.24, 2.45) is 0 Å². The first-order valence-electron chi connectivity index (χ1n) is 14.8. The lowest BCUT2D eigenvalue weighted by Gasteiger charge is -2.19. The van der Waals surface area contributed by atoms with E-state index >= 15 is 0 Å². The zero-order valence-electron chi connectivity index (χ0n) is 24.0. The van der Waals surface area contributed by atoms with Gasteiger partial charge in [-0.05, 0) is 108 Å². The minimum absolute atomic E-state index is 1.13. The third-order valence-corrected chi connectivity index (χ3v) is 8.69. The summed E-state index contributed by atoms with van der Waals surface area (Å²) in [6.45, 7) is 2.23. The van der Waals surface area contributed by atoms with Crippen molar-refractivity contribution >= 4 is 32.3 Å². The molecule has 0 aliphatic carbocycles. The lowest BCUT2D eigenvalue weighted by Crippen LogP contribution is -1.93. The molecule has 43 heavy (non-hydrogen) atoms. The molecule has 0 amide bonds. The van der Waals surface area contributed by atoms with E-state index in [2.05, 4.69) is 151 Å². The highest BCUT2D eigenvalue weighted by Crippen LogP contribution is 2.45. The highest BCUT2D eigenvalue weighted by molar-refractivity contribution is 6.22. The molecule has 1 heterocycles. The van der Waals surface area contributed by atoms with Crippen LogP contribution in [0.15, 0.2) is 158 Å². The maximum atomic E-state index is 4.28. The van der Waals surface area contributed by atoms with Crippen LogP contribution in [0.4, 0.5) is 0 Å². The maximum absolute atomic E-state index is 4.28. The van der Waals surface area contributed by atoms with Gasteiger partial charge in [0.15, 0.2) is 0 Å². The molecule has 7 aromatic carbocycles. The molecule has 1 heteroatoms. The van der Waals surface area contributed by atoms with Crippen LogP contribution >= 0.6 is 0 Å². The molecular weight excluding hydrogens is 518 g/mol. The molecule has 0 atom stereocenters. The maximum Gasteiger partial charge on any atom is 0.0346 e. The van der Waals surface area contributed by atoms with Gasteiger partial charge in [0, 0.05) is 12.4 Å². The Labute approximate surface area is 251 Å². The molecular formula is C42H29N. The highest BCUT2D eigenvalue weighted by Gasteiger charge is 2.18. The fourth-order valence-corrected chi connectivity index (χ4v) is 6.53. The van der Waals surface area contributed by atoms with Crippen LogP contribution in [0, 0.1) is 6.92 Å². The van der Waals surface area contributed by atoms with E-state index in [9.17, 15) is 0 Å². The Morgan fingerprint density at radius 3 is 1.60 bits per heavy atom. The fourth-order valence-electron chi connectivity index (χ4n) is 6.53. The van der Waals surface area contributed by atoms with Crippen LogP contribution in [0.5, 0.6) is 0 Å². The van der Waals surface area contributed by atoms with Gasteiger partial charge >= 0.3 is 0 Å². The summed E-state index contributed by atoms with van der Waals surface area (Å²) in [5, 5.41) is 7.62. The second-order valence-corrected chi connectivity index (χ2v) is 11.3. The molecule has 1 aromatic heterocycles. The molecule has 0 aliphatic heterocycles. The first-order chi connectivity index (χ1) is 21.2. The van der Waals surface area contributed by atoms with Gasteiger partial charge in [-0.1, -0.05) is 127 Å². The molecule has 0 saturated carbocycles. The lowest BCUT2D eigenvalue weighted by molar-refractivity contribution is 1.33. The molecule has 202 valence electrons. The van der Waals surface area contributed by atoms with Gasteiger partial charge in [0.25, 0.3) is 0 Å². The largest absolute Gasteiger partial charge is 0.264 e. The number of rotatable bonds is 4. The monoisotopic (exact) mass is 547 g/mol. The summed E-state index contributed by atoms with van der Waals surface area (Å²) in [6, 6.07) is 53.1. The lowest BCUT2D eigenvalue weighted by atomic mass is 9.84. The number of benzene rings is 7. The summed E-state index contributed by atoms with van der Waals surface area (Å²) in [7, 11) is 0. The van der Waals surface area contributed by atoms with E-state index < -0.39 is 0 Å². The van der Waals surface area contributed by atoms with Gasteiger partial charge < -0.3 is 0 Å². The van der Waals surface area contributed by atoms with E-state index in [1.165, 1.54) is 76.8 Å². The van der Waals surface area contributed by atoms with Gasteiger partial charge in [-0.25, -0.2) is 0 Å². The number of nitrogens with zero attached hydrogens (tertiary/aromatic N) is 1. The van der Waals surface area contributed by atoms with Crippen LogP contribution in [-0.4, -0.2) is 4.98 Å². The van der Waals surface area contributed by atoms with Crippen molar-refractivity contribution in [2.45, 2.75) is 6.92 Å². The van der Waals surface area contributed by atoms with Gasteiger partial charge in [-0.15, -0.1) is 0 Å². The standard InChI is InChI=1S/C42H29N/c1-28-16-17-33(30-18-20-31(21-19-30)35-11-8-24-43-27-35)26-40(28)42-38-14-6-4-12-36(38)41(37-13-5-7-15-39(37)42)34-23-22-29-9-2-3-10-32(29)25-34/h2-27H,1H3. The van der Waals surface area contributed by atoms with Crippen molar-refractivity contribution in [3.05, 3.63) is 164 Å². The van der Waals surface area contributed by atoms with E-state index in [1.54, 1.807) is 0 Å². The van der Waals surface area contributed by atoms with Crippen LogP contribution in [0.2, 0.25) is 0 Å². The van der Waals surface area contributed by atoms with E-state index in [0.717, 1.165) is 5.56 Å². The average Bonchev–Trinajstić information content (AvgIpc) is 3.08. The minimum atomic E-state index is 1.13. The van der Waals surface area contributed by atoms with Gasteiger partial charge in [0.2, 0.25) is 0 Å². The second-order valence-electron chi connectivity index (χ2n) is 11.3. The Morgan fingerprint density at radius 2 is 0.953 bits per heavy atom. The van der Waals surface area contributed by atoms with Crippen LogP contribution in [0.25, 0.3) is 76.8 Å². The Morgan fingerprint density at radius 1 is 0.395 bits per heavy atom. The molecule has 0 spiro atoms. The van der Waals surface area contributed by atoms with E-state index in [-0.39, 0.29) is 0 Å². The number of pyridine rings is 1. The molecule has 0 N–H and O–H groups in total. The summed E-state index contributed by atoms with van der Waals surface area (Å²) in [6.07, 6.45) is 3.73. The summed E-state index contributed by atoms with van der Waals surface area (Å²) in [5.41, 5.74) is 11.1. The third-order valence-electron chi connectivity index (χ3n) is 8.69. The SMILES string of the molecule is Cc1ccc(-c2ccc(-c3cccnc3)cc2)cc1-c1c2ccccc2c(-c2ccc3ccccc3c2)c2ccccc12. The first-order valence-corrected chi connectivity index (χ1v) is 14.8. The first kappa shape index (κ1) is 25.2. The van der Waals surface area contributed by atoms with Crippen molar-refractivity contribution in [3.63, 3.8) is 0 Å². The van der Waals surface area contributed by atoms with Crippen molar-refractivity contribution in [1.82, 2.24) is 4.98 Å². The molecule has 8 rings (SSSR count). The quantitative estimate of drug-likeness (QED) is 0.200. The van der Waals surface area contributed by atoms with Crippen LogP contribution in [0.3, 0.4) is 0 Å². The van der Waals surface area contributed by atoms with Crippen molar-refractivity contribution in [2.75, 3.05) is 0 Å². The summed E-state index contributed by atoms with van der Waals surface area (Å²) >= 11 is 0. The number of fused-ring (bicyclic) bond motifs is 3. The second kappa shape index (κ2) is 10.4. The molecule has 0 saturated heterocycles. The van der Waals surface area contributed by atoms with Crippen molar-refractivity contribution in [1.29, 1.82) is 0 Å². The summed E-state index contributed by atoms with van der Waals surface area (Å²) < 4.78 is 0. The van der Waals surface area contributed by atoms with Gasteiger partial charge in [-0.3, -0.25) is 4.98 Å². The van der Waals surface area contributed by atoms with Gasteiger partial charge in [0.05, 0.1) is 0 Å². The zero-order chi connectivity index (χ0) is 28.8. The number of aryl methyl sites for hydroxylation is 1. The number of aromatic nitrogens is 1. The topological polar surface area (TPSA) is 12.9 Å². The fraction of sp³-hybridized carbons (Fsp3) is 0.0238. The number of hydrogen-bond donors (Lipinski definition) is 0. The van der Waals surface area contributed by atoms with Crippen LogP contribution in [0.1, 0.15) is 5.56 Å². The average molecular weight is 548 g/mol. The Bertz CT molecular complexity index is 2220. The predicted molar refractivity (Wildman–Crippen MR) is 183 cm³/mol. The summed E-state index contributed by atoms with van der Waals surface area (Å²) in [5.74, 6) is 0. The normalized spacial score (nSPS) is 11.4. The molecule has 0 radical (unpaired) electrons. The summed E-state index contributed by atoms with van der Waals surface area (Å²) in [4.78, 5) is 4.28. The third kappa shape index (κ3) is 4.38. The van der Waals surface area contributed by atoms with E-state index in [0.29, 0.717) is 0 Å². The Balaban J connectivity index is 1.34. The minimum Gasteiger partial charge on any atom is -0.264 e. The molecule has 1 nitrogen and oxygen atoms in total. The van der Waals surface area contributed by atoms with Gasteiger partial charge in [-0.2, -0.15) is 0 Å². The van der Waals surface area contributed by atoms with Crippen LogP contribution < -0.4 is 0 Å². The highest BCUT2D eigenvalue weighted by atomic mass is 14.6. The van der Waals surface area contributed by atoms with E-state index in [1.807, 2.05) is 18.5 Å². The molecule has 0 fully saturated rings. The van der Waals surface area contributed by atoms with Crippen molar-refractivity contribution in [3.8, 4) is 44.5 Å². The predicted octanol–water partition coefficient (Wildman–Crippen LogP) is 11.5. The van der Waals surface area contributed by atoms with Gasteiger partial charge in [0.1, 0.15) is 0 Å².